The molecular weight excluding hydrogens is 331 g/mol. The topological polar surface area (TPSA) is 49.4 Å². The largest absolute Gasteiger partial charge is 0.351 e. The predicted octanol–water partition coefficient (Wildman–Crippen LogP) is 2.94. The maximum atomic E-state index is 13.0. The zero-order valence-electron chi connectivity index (χ0n) is 12.8. The number of rotatable bonds is 4. The van der Waals surface area contributed by atoms with Crippen LogP contribution in [0.1, 0.15) is 12.0 Å². The number of nitrogens with zero attached hydrogens (tertiary/aromatic N) is 1. The maximum absolute atomic E-state index is 13.0. The quantitative estimate of drug-likeness (QED) is 0.925. The molecule has 124 valence electrons. The van der Waals surface area contributed by atoms with Gasteiger partial charge in [0, 0.05) is 23.7 Å². The Morgan fingerprint density at radius 1 is 1.17 bits per heavy atom. The molecule has 0 saturated carbocycles. The molecule has 1 atom stereocenters. The van der Waals surface area contributed by atoms with Crippen molar-refractivity contribution in [3.05, 3.63) is 64.9 Å². The monoisotopic (exact) mass is 346 g/mol. The van der Waals surface area contributed by atoms with E-state index in [1.54, 1.807) is 41.3 Å². The van der Waals surface area contributed by atoms with Crippen molar-refractivity contribution < 1.29 is 14.0 Å². The number of carbonyl (C=O) groups is 2. The number of hydrogen-bond acceptors (Lipinski definition) is 2. The Labute approximate surface area is 144 Å². The summed E-state index contributed by atoms with van der Waals surface area (Å²) in [5.74, 6) is -0.576. The first-order valence-corrected chi connectivity index (χ1v) is 7.99. The third-order valence-electron chi connectivity index (χ3n) is 3.91. The Morgan fingerprint density at radius 2 is 1.83 bits per heavy atom. The summed E-state index contributed by atoms with van der Waals surface area (Å²) in [6.45, 7) is 0.386. The van der Waals surface area contributed by atoms with E-state index in [-0.39, 0.29) is 36.5 Å². The normalized spacial score (nSPS) is 17.2. The predicted molar refractivity (Wildman–Crippen MR) is 90.5 cm³/mol. The highest BCUT2D eigenvalue weighted by Gasteiger charge is 2.31. The van der Waals surface area contributed by atoms with Gasteiger partial charge in [0.1, 0.15) is 5.82 Å². The van der Waals surface area contributed by atoms with E-state index in [1.165, 1.54) is 12.1 Å². The van der Waals surface area contributed by atoms with Crippen LogP contribution in [0.4, 0.5) is 10.1 Å². The highest BCUT2D eigenvalue weighted by molar-refractivity contribution is 6.30. The second-order valence-corrected chi connectivity index (χ2v) is 6.19. The van der Waals surface area contributed by atoms with Crippen molar-refractivity contribution in [2.24, 2.45) is 0 Å². The number of nitrogens with one attached hydrogen (secondary N) is 1. The fourth-order valence-corrected chi connectivity index (χ4v) is 2.87. The van der Waals surface area contributed by atoms with Gasteiger partial charge in [0.15, 0.2) is 0 Å². The van der Waals surface area contributed by atoms with Crippen LogP contribution >= 0.6 is 11.6 Å². The smallest absolute Gasteiger partial charge is 0.229 e. The minimum Gasteiger partial charge on any atom is -0.351 e. The van der Waals surface area contributed by atoms with Crippen LogP contribution in [0.5, 0.6) is 0 Å². The first-order chi connectivity index (χ1) is 11.5. The Hall–Kier alpha value is -2.40. The second kappa shape index (κ2) is 7.01. The third-order valence-corrected chi connectivity index (χ3v) is 4.16. The van der Waals surface area contributed by atoms with Crippen LogP contribution < -0.4 is 10.2 Å². The first kappa shape index (κ1) is 16.5. The van der Waals surface area contributed by atoms with E-state index in [9.17, 15) is 14.0 Å². The molecule has 1 heterocycles. The Bertz CT molecular complexity index is 747. The second-order valence-electron chi connectivity index (χ2n) is 5.75. The molecule has 0 aliphatic carbocycles. The molecule has 0 aromatic heterocycles. The van der Waals surface area contributed by atoms with Gasteiger partial charge in [-0.25, -0.2) is 4.39 Å². The van der Waals surface area contributed by atoms with Gasteiger partial charge in [-0.05, 0) is 42.0 Å². The first-order valence-electron chi connectivity index (χ1n) is 7.61. The molecule has 1 N–H and O–H groups in total. The number of anilines is 1. The van der Waals surface area contributed by atoms with E-state index in [2.05, 4.69) is 5.32 Å². The van der Waals surface area contributed by atoms with E-state index in [1.807, 2.05) is 0 Å². The molecule has 2 amide bonds. The molecule has 0 spiro atoms. The maximum Gasteiger partial charge on any atom is 0.229 e. The Kier molecular flexibility index (Phi) is 4.81. The van der Waals surface area contributed by atoms with E-state index in [0.717, 1.165) is 5.56 Å². The van der Waals surface area contributed by atoms with Crippen molar-refractivity contribution in [1.29, 1.82) is 0 Å². The fraction of sp³-hybridized carbons (Fsp3) is 0.222. The Balaban J connectivity index is 1.58. The molecule has 1 fully saturated rings. The lowest BCUT2D eigenvalue weighted by molar-refractivity contribution is -0.121. The summed E-state index contributed by atoms with van der Waals surface area (Å²) in [6.07, 6.45) is 0.474. The Morgan fingerprint density at radius 3 is 2.50 bits per heavy atom. The average Bonchev–Trinajstić information content (AvgIpc) is 2.90. The third kappa shape index (κ3) is 3.92. The lowest BCUT2D eigenvalue weighted by Gasteiger charge is -2.17. The van der Waals surface area contributed by atoms with Gasteiger partial charge in [-0.1, -0.05) is 23.7 Å². The molecule has 1 aliphatic rings. The minimum absolute atomic E-state index is 0.0848. The standard InChI is InChI=1S/C18H16ClFN2O2/c19-13-3-1-12(2-4-13)9-17(23)21-15-10-18(24)22(11-15)16-7-5-14(20)6-8-16/h1-8,15H,9-11H2,(H,21,23)/t15-/m1/s1. The summed E-state index contributed by atoms with van der Waals surface area (Å²) < 4.78 is 13.0. The molecule has 1 aliphatic heterocycles. The molecule has 4 nitrogen and oxygen atoms in total. The number of halogens is 2. The summed E-state index contributed by atoms with van der Waals surface area (Å²) >= 11 is 5.82. The van der Waals surface area contributed by atoms with Crippen LogP contribution in [-0.4, -0.2) is 24.4 Å². The van der Waals surface area contributed by atoms with E-state index < -0.39 is 0 Å². The van der Waals surface area contributed by atoms with Crippen LogP contribution in [0.2, 0.25) is 5.02 Å². The summed E-state index contributed by atoms with van der Waals surface area (Å²) in [7, 11) is 0. The van der Waals surface area contributed by atoms with Gasteiger partial charge < -0.3 is 10.2 Å². The van der Waals surface area contributed by atoms with Gasteiger partial charge in [-0.3, -0.25) is 9.59 Å². The van der Waals surface area contributed by atoms with Crippen molar-refractivity contribution in [2.45, 2.75) is 18.9 Å². The van der Waals surface area contributed by atoms with Gasteiger partial charge in [-0.2, -0.15) is 0 Å². The molecule has 3 rings (SSSR count). The lowest BCUT2D eigenvalue weighted by Crippen LogP contribution is -2.38. The zero-order chi connectivity index (χ0) is 17.1. The summed E-state index contributed by atoms with van der Waals surface area (Å²) in [5.41, 5.74) is 1.49. The molecule has 0 bridgehead atoms. The number of carbonyl (C=O) groups excluding carboxylic acids is 2. The molecule has 0 unspecified atom stereocenters. The number of benzene rings is 2. The number of hydrogen-bond donors (Lipinski definition) is 1. The van der Waals surface area contributed by atoms with Crippen molar-refractivity contribution in [1.82, 2.24) is 5.32 Å². The van der Waals surface area contributed by atoms with Gasteiger partial charge in [0.25, 0.3) is 0 Å². The van der Waals surface area contributed by atoms with E-state index in [4.69, 9.17) is 11.6 Å². The highest BCUT2D eigenvalue weighted by Crippen LogP contribution is 2.22. The van der Waals surface area contributed by atoms with Crippen molar-refractivity contribution >= 4 is 29.1 Å². The number of amides is 2. The molecule has 2 aromatic carbocycles. The molecule has 1 saturated heterocycles. The van der Waals surface area contributed by atoms with E-state index in [0.29, 0.717) is 17.3 Å². The average molecular weight is 347 g/mol. The highest BCUT2D eigenvalue weighted by atomic mass is 35.5. The van der Waals surface area contributed by atoms with Gasteiger partial charge in [0.05, 0.1) is 12.5 Å². The SMILES string of the molecule is O=C(Cc1ccc(Cl)cc1)N[C@@H]1CC(=O)N(c2ccc(F)cc2)C1. The van der Waals surface area contributed by atoms with Crippen LogP contribution in [0.15, 0.2) is 48.5 Å². The summed E-state index contributed by atoms with van der Waals surface area (Å²) in [6, 6.07) is 12.6. The van der Waals surface area contributed by atoms with Gasteiger partial charge in [0.2, 0.25) is 11.8 Å². The van der Waals surface area contributed by atoms with Crippen LogP contribution in [0.3, 0.4) is 0 Å². The van der Waals surface area contributed by atoms with Crippen LogP contribution in [-0.2, 0) is 16.0 Å². The summed E-state index contributed by atoms with van der Waals surface area (Å²) in [4.78, 5) is 25.8. The van der Waals surface area contributed by atoms with E-state index >= 15 is 0 Å². The van der Waals surface area contributed by atoms with Crippen molar-refractivity contribution in [3.63, 3.8) is 0 Å². The van der Waals surface area contributed by atoms with Crippen molar-refractivity contribution in [2.75, 3.05) is 11.4 Å². The van der Waals surface area contributed by atoms with Crippen LogP contribution in [0.25, 0.3) is 0 Å². The van der Waals surface area contributed by atoms with Crippen LogP contribution in [0, 0.1) is 5.82 Å². The lowest BCUT2D eigenvalue weighted by atomic mass is 10.1. The van der Waals surface area contributed by atoms with Gasteiger partial charge in [-0.15, -0.1) is 0 Å². The fourth-order valence-electron chi connectivity index (χ4n) is 2.74. The molecule has 0 radical (unpaired) electrons. The zero-order valence-corrected chi connectivity index (χ0v) is 13.6. The van der Waals surface area contributed by atoms with Gasteiger partial charge >= 0.3 is 0 Å². The minimum atomic E-state index is -0.349. The molecule has 24 heavy (non-hydrogen) atoms. The molecular formula is C18H16ClFN2O2. The molecule has 2 aromatic rings. The molecule has 6 heteroatoms. The van der Waals surface area contributed by atoms with Crippen molar-refractivity contribution in [3.8, 4) is 0 Å². The summed E-state index contributed by atoms with van der Waals surface area (Å²) in [5, 5.41) is 3.50.